The molecule has 22 heavy (non-hydrogen) atoms. The molecule has 122 valence electrons. The second-order valence-corrected chi connectivity index (χ2v) is 6.04. The summed E-state index contributed by atoms with van der Waals surface area (Å²) in [7, 11) is 6.07. The molecule has 0 radical (unpaired) electrons. The predicted molar refractivity (Wildman–Crippen MR) is 87.4 cm³/mol. The molecule has 0 aliphatic carbocycles. The van der Waals surface area contributed by atoms with Gasteiger partial charge < -0.3 is 20.0 Å². The van der Waals surface area contributed by atoms with E-state index in [1.807, 2.05) is 25.9 Å². The van der Waals surface area contributed by atoms with Crippen LogP contribution in [0.1, 0.15) is 16.2 Å². The molecule has 2 heterocycles. The lowest BCUT2D eigenvalue weighted by atomic mass is 10.3. The van der Waals surface area contributed by atoms with Gasteiger partial charge in [0.2, 0.25) is 5.95 Å². The highest BCUT2D eigenvalue weighted by Gasteiger charge is 2.18. The molecular formula is C15H26N6O. The molecule has 0 bridgehead atoms. The third-order valence-corrected chi connectivity index (χ3v) is 3.71. The van der Waals surface area contributed by atoms with E-state index >= 15 is 0 Å². The first-order valence-corrected chi connectivity index (χ1v) is 7.68. The summed E-state index contributed by atoms with van der Waals surface area (Å²) in [5.41, 5.74) is 1.27. The molecule has 0 saturated carbocycles. The van der Waals surface area contributed by atoms with Crippen LogP contribution in [0.15, 0.2) is 6.07 Å². The fraction of sp³-hybridized carbons (Fsp3) is 0.667. The number of aromatic nitrogens is 2. The summed E-state index contributed by atoms with van der Waals surface area (Å²) < 4.78 is 0. The van der Waals surface area contributed by atoms with Gasteiger partial charge in [0.1, 0.15) is 5.69 Å². The van der Waals surface area contributed by atoms with Crippen LogP contribution in [-0.2, 0) is 0 Å². The monoisotopic (exact) mass is 306 g/mol. The number of carbonyl (C=O) groups is 1. The number of anilines is 1. The van der Waals surface area contributed by atoms with E-state index in [9.17, 15) is 4.79 Å². The van der Waals surface area contributed by atoms with Crippen molar-refractivity contribution in [3.63, 3.8) is 0 Å². The zero-order valence-corrected chi connectivity index (χ0v) is 14.0. The van der Waals surface area contributed by atoms with E-state index < -0.39 is 0 Å². The molecule has 1 amide bonds. The molecule has 1 aliphatic heterocycles. The highest BCUT2D eigenvalue weighted by molar-refractivity contribution is 5.92. The molecule has 0 unspecified atom stereocenters. The zero-order valence-electron chi connectivity index (χ0n) is 14.0. The summed E-state index contributed by atoms with van der Waals surface area (Å²) in [4.78, 5) is 27.6. The minimum Gasteiger partial charge on any atom is -0.349 e. The summed E-state index contributed by atoms with van der Waals surface area (Å²) in [5, 5.41) is 2.90. The molecule has 1 aromatic rings. The van der Waals surface area contributed by atoms with Crippen LogP contribution in [0.5, 0.6) is 0 Å². The number of hydrogen-bond donors (Lipinski definition) is 1. The van der Waals surface area contributed by atoms with Crippen molar-refractivity contribution in [2.45, 2.75) is 6.92 Å². The Morgan fingerprint density at radius 3 is 2.59 bits per heavy atom. The van der Waals surface area contributed by atoms with Crippen molar-refractivity contribution in [2.75, 3.05) is 65.3 Å². The van der Waals surface area contributed by atoms with E-state index in [0.29, 0.717) is 18.2 Å². The number of likely N-dealkylation sites (N-methyl/N-ethyl adjacent to an activating group) is 2. The lowest BCUT2D eigenvalue weighted by molar-refractivity contribution is 0.0946. The van der Waals surface area contributed by atoms with E-state index in [4.69, 9.17) is 0 Å². The van der Waals surface area contributed by atoms with Crippen molar-refractivity contribution in [1.82, 2.24) is 25.1 Å². The average molecular weight is 306 g/mol. The molecule has 0 atom stereocenters. The van der Waals surface area contributed by atoms with Gasteiger partial charge >= 0.3 is 0 Å². The van der Waals surface area contributed by atoms with E-state index in [0.717, 1.165) is 38.4 Å². The van der Waals surface area contributed by atoms with Gasteiger partial charge in [0, 0.05) is 45.0 Å². The molecular weight excluding hydrogens is 280 g/mol. The standard InChI is InChI=1S/C15H26N6O/c1-12-11-13(14(22)16-5-6-19(2)3)18-15(17-12)21-9-7-20(4)8-10-21/h11H,5-10H2,1-4H3,(H,16,22). The number of rotatable bonds is 5. The zero-order chi connectivity index (χ0) is 16.1. The third kappa shape index (κ3) is 4.64. The Hall–Kier alpha value is -1.73. The van der Waals surface area contributed by atoms with E-state index in [1.54, 1.807) is 6.07 Å². The average Bonchev–Trinajstić information content (AvgIpc) is 2.46. The molecule has 1 fully saturated rings. The van der Waals surface area contributed by atoms with Crippen LogP contribution in [0, 0.1) is 6.92 Å². The number of carbonyl (C=O) groups excluding carboxylic acids is 1. The van der Waals surface area contributed by atoms with E-state index in [2.05, 4.69) is 32.1 Å². The Bertz CT molecular complexity index is 511. The molecule has 1 N–H and O–H groups in total. The summed E-state index contributed by atoms with van der Waals surface area (Å²) >= 11 is 0. The van der Waals surface area contributed by atoms with Crippen molar-refractivity contribution >= 4 is 11.9 Å². The van der Waals surface area contributed by atoms with E-state index in [1.165, 1.54) is 0 Å². The smallest absolute Gasteiger partial charge is 0.270 e. The van der Waals surface area contributed by atoms with Crippen molar-refractivity contribution in [1.29, 1.82) is 0 Å². The first-order chi connectivity index (χ1) is 10.5. The summed E-state index contributed by atoms with van der Waals surface area (Å²) in [6.45, 7) is 7.07. The van der Waals surface area contributed by atoms with E-state index in [-0.39, 0.29) is 5.91 Å². The second-order valence-electron chi connectivity index (χ2n) is 6.04. The predicted octanol–water partition coefficient (Wildman–Crippen LogP) is -0.172. The van der Waals surface area contributed by atoms with Crippen molar-refractivity contribution < 1.29 is 4.79 Å². The maximum absolute atomic E-state index is 12.2. The van der Waals surface area contributed by atoms with Gasteiger partial charge in [-0.25, -0.2) is 9.97 Å². The molecule has 1 aliphatic rings. The van der Waals surface area contributed by atoms with Gasteiger partial charge in [0.25, 0.3) is 5.91 Å². The Kier molecular flexibility index (Phi) is 5.68. The lowest BCUT2D eigenvalue weighted by Crippen LogP contribution is -2.45. The third-order valence-electron chi connectivity index (χ3n) is 3.71. The molecule has 2 rings (SSSR count). The summed E-state index contributed by atoms with van der Waals surface area (Å²) in [6, 6.07) is 1.74. The number of amides is 1. The van der Waals surface area contributed by atoms with Gasteiger partial charge in [-0.05, 0) is 34.1 Å². The van der Waals surface area contributed by atoms with Crippen LogP contribution in [0.2, 0.25) is 0 Å². The normalized spacial score (nSPS) is 16.1. The number of piperazine rings is 1. The van der Waals surface area contributed by atoms with Gasteiger partial charge in [0.05, 0.1) is 0 Å². The Morgan fingerprint density at radius 1 is 1.27 bits per heavy atom. The molecule has 7 heteroatoms. The van der Waals surface area contributed by atoms with Crippen LogP contribution in [-0.4, -0.2) is 86.1 Å². The molecule has 7 nitrogen and oxygen atoms in total. The molecule has 1 aromatic heterocycles. The quantitative estimate of drug-likeness (QED) is 0.815. The van der Waals surface area contributed by atoms with Gasteiger partial charge in [0.15, 0.2) is 0 Å². The van der Waals surface area contributed by atoms with Crippen molar-refractivity contribution in [3.8, 4) is 0 Å². The SMILES string of the molecule is Cc1cc(C(=O)NCCN(C)C)nc(N2CCN(C)CC2)n1. The molecule has 1 saturated heterocycles. The largest absolute Gasteiger partial charge is 0.349 e. The minimum atomic E-state index is -0.136. The van der Waals surface area contributed by atoms with Crippen LogP contribution >= 0.6 is 0 Å². The Morgan fingerprint density at radius 2 is 1.95 bits per heavy atom. The number of nitrogens with zero attached hydrogens (tertiary/aromatic N) is 5. The summed E-state index contributed by atoms with van der Waals surface area (Å²) in [6.07, 6.45) is 0. The Balaban J connectivity index is 2.04. The maximum Gasteiger partial charge on any atom is 0.270 e. The number of nitrogens with one attached hydrogen (secondary N) is 1. The number of hydrogen-bond acceptors (Lipinski definition) is 6. The van der Waals surface area contributed by atoms with Crippen LogP contribution in [0.4, 0.5) is 5.95 Å². The maximum atomic E-state index is 12.2. The fourth-order valence-corrected chi connectivity index (χ4v) is 2.30. The summed E-state index contributed by atoms with van der Waals surface area (Å²) in [5.74, 6) is 0.522. The Labute approximate surface area is 132 Å². The number of aryl methyl sites for hydroxylation is 1. The second kappa shape index (κ2) is 7.51. The highest BCUT2D eigenvalue weighted by atomic mass is 16.1. The molecule has 0 spiro atoms. The molecule has 0 aromatic carbocycles. The van der Waals surface area contributed by atoms with Crippen molar-refractivity contribution in [2.24, 2.45) is 0 Å². The first-order valence-electron chi connectivity index (χ1n) is 7.68. The lowest BCUT2D eigenvalue weighted by Gasteiger charge is -2.32. The van der Waals surface area contributed by atoms with Gasteiger partial charge in [-0.2, -0.15) is 0 Å². The van der Waals surface area contributed by atoms with Gasteiger partial charge in [-0.1, -0.05) is 0 Å². The van der Waals surface area contributed by atoms with Gasteiger partial charge in [-0.3, -0.25) is 4.79 Å². The topological polar surface area (TPSA) is 64.6 Å². The van der Waals surface area contributed by atoms with Crippen molar-refractivity contribution in [3.05, 3.63) is 17.5 Å². The van der Waals surface area contributed by atoms with Crippen LogP contribution in [0.3, 0.4) is 0 Å². The van der Waals surface area contributed by atoms with Gasteiger partial charge in [-0.15, -0.1) is 0 Å². The highest BCUT2D eigenvalue weighted by Crippen LogP contribution is 2.12. The van der Waals surface area contributed by atoms with Crippen LogP contribution < -0.4 is 10.2 Å². The first kappa shape index (κ1) is 16.6. The fourth-order valence-electron chi connectivity index (χ4n) is 2.30. The minimum absolute atomic E-state index is 0.136. The van der Waals surface area contributed by atoms with Crippen LogP contribution in [0.25, 0.3) is 0 Å².